The maximum absolute atomic E-state index is 10.9. The van der Waals surface area contributed by atoms with Crippen molar-refractivity contribution < 1.29 is 9.90 Å². The monoisotopic (exact) mass is 290 g/mol. The number of hydrogen-bond donors (Lipinski definition) is 3. The highest BCUT2D eigenvalue weighted by atomic mass is 32.2. The van der Waals surface area contributed by atoms with Crippen LogP contribution in [0.2, 0.25) is 0 Å². The Morgan fingerprint density at radius 2 is 2.20 bits per heavy atom. The Morgan fingerprint density at radius 3 is 2.85 bits per heavy atom. The van der Waals surface area contributed by atoms with E-state index in [9.17, 15) is 4.79 Å². The number of carboxylic acid groups (broad SMARTS) is 1. The number of carbonyl (C=O) groups is 1. The van der Waals surface area contributed by atoms with Crippen molar-refractivity contribution in [2.24, 2.45) is 0 Å². The first-order chi connectivity index (χ1) is 9.56. The van der Waals surface area contributed by atoms with Gasteiger partial charge in [-0.05, 0) is 31.2 Å². The van der Waals surface area contributed by atoms with Gasteiger partial charge in [0.15, 0.2) is 0 Å². The van der Waals surface area contributed by atoms with Gasteiger partial charge in [0, 0.05) is 6.20 Å². The Balaban J connectivity index is 2.19. The summed E-state index contributed by atoms with van der Waals surface area (Å²) in [5.41, 5.74) is 6.87. The van der Waals surface area contributed by atoms with Gasteiger partial charge in [0.2, 0.25) is 0 Å². The number of aliphatic carboxylic acids is 1. The van der Waals surface area contributed by atoms with Gasteiger partial charge in [-0.25, -0.2) is 9.97 Å². The van der Waals surface area contributed by atoms with E-state index in [1.807, 2.05) is 6.07 Å². The molecule has 0 unspecified atom stereocenters. The topological polar surface area (TPSA) is 101 Å². The highest BCUT2D eigenvalue weighted by molar-refractivity contribution is 8.00. The lowest BCUT2D eigenvalue weighted by molar-refractivity contribution is -0.136. The lowest BCUT2D eigenvalue weighted by Gasteiger charge is -2.11. The largest absolute Gasteiger partial charge is 0.480 e. The molecule has 0 bridgehead atoms. The molecule has 0 spiro atoms. The fraction of sp³-hybridized carbons (Fsp3) is 0.154. The van der Waals surface area contributed by atoms with E-state index in [0.717, 1.165) is 0 Å². The van der Waals surface area contributed by atoms with Crippen LogP contribution in [0.3, 0.4) is 0 Å². The van der Waals surface area contributed by atoms with Gasteiger partial charge in [-0.3, -0.25) is 4.79 Å². The maximum atomic E-state index is 10.9. The number of rotatable bonds is 5. The lowest BCUT2D eigenvalue weighted by atomic mass is 10.4. The normalized spacial score (nSPS) is 11.8. The summed E-state index contributed by atoms with van der Waals surface area (Å²) in [7, 11) is 0. The van der Waals surface area contributed by atoms with Crippen molar-refractivity contribution in [3.05, 3.63) is 36.7 Å². The summed E-state index contributed by atoms with van der Waals surface area (Å²) in [5, 5.41) is 12.1. The number of nitrogens with two attached hydrogens (primary N) is 1. The van der Waals surface area contributed by atoms with Crippen LogP contribution < -0.4 is 11.1 Å². The first kappa shape index (κ1) is 14.1. The number of anilines is 3. The minimum absolute atomic E-state index is 0.579. The zero-order chi connectivity index (χ0) is 14.5. The molecule has 2 aromatic rings. The SMILES string of the molecule is C[C@H](Sc1ncccc1Nc1ccc(N)cn1)C(=O)O. The van der Waals surface area contributed by atoms with Crippen molar-refractivity contribution in [3.63, 3.8) is 0 Å². The van der Waals surface area contributed by atoms with Crippen LogP contribution >= 0.6 is 11.8 Å². The highest BCUT2D eigenvalue weighted by Crippen LogP contribution is 2.30. The number of hydrogen-bond acceptors (Lipinski definition) is 6. The number of nitrogens with zero attached hydrogens (tertiary/aromatic N) is 2. The van der Waals surface area contributed by atoms with E-state index < -0.39 is 11.2 Å². The number of carboxylic acids is 1. The standard InChI is InChI=1S/C13H14N4O2S/c1-8(13(18)19)20-12-10(3-2-6-15-12)17-11-5-4-9(14)7-16-11/h2-8H,14H2,1H3,(H,16,17)(H,18,19)/t8-/m0/s1. The zero-order valence-electron chi connectivity index (χ0n) is 10.8. The van der Waals surface area contributed by atoms with E-state index in [0.29, 0.717) is 22.2 Å². The summed E-state index contributed by atoms with van der Waals surface area (Å²) in [4.78, 5) is 19.3. The third-order valence-electron chi connectivity index (χ3n) is 2.46. The second kappa shape index (κ2) is 6.25. The fourth-order valence-electron chi connectivity index (χ4n) is 1.41. The molecule has 4 N–H and O–H groups in total. The van der Waals surface area contributed by atoms with E-state index in [2.05, 4.69) is 15.3 Å². The summed E-state index contributed by atoms with van der Waals surface area (Å²) in [6.07, 6.45) is 3.17. The highest BCUT2D eigenvalue weighted by Gasteiger charge is 2.15. The summed E-state index contributed by atoms with van der Waals surface area (Å²) in [5.74, 6) is -0.255. The van der Waals surface area contributed by atoms with Crippen LogP contribution in [0.1, 0.15) is 6.92 Å². The lowest BCUT2D eigenvalue weighted by Crippen LogP contribution is -2.12. The summed E-state index contributed by atoms with van der Waals surface area (Å²) in [6.45, 7) is 1.62. The summed E-state index contributed by atoms with van der Waals surface area (Å²) < 4.78 is 0. The van der Waals surface area contributed by atoms with Crippen molar-refractivity contribution in [2.75, 3.05) is 11.1 Å². The van der Waals surface area contributed by atoms with Crippen molar-refractivity contribution >= 4 is 34.9 Å². The van der Waals surface area contributed by atoms with Gasteiger partial charge >= 0.3 is 5.97 Å². The molecule has 0 aliphatic carbocycles. The van der Waals surface area contributed by atoms with Crippen molar-refractivity contribution in [1.29, 1.82) is 0 Å². The van der Waals surface area contributed by atoms with Gasteiger partial charge in [0.1, 0.15) is 16.1 Å². The molecule has 0 saturated heterocycles. The Morgan fingerprint density at radius 1 is 1.40 bits per heavy atom. The predicted molar refractivity (Wildman–Crippen MR) is 79.1 cm³/mol. The van der Waals surface area contributed by atoms with Gasteiger partial charge in [-0.15, -0.1) is 0 Å². The molecule has 0 aliphatic heterocycles. The number of nitrogen functional groups attached to an aromatic ring is 1. The van der Waals surface area contributed by atoms with Crippen LogP contribution in [0, 0.1) is 0 Å². The molecule has 0 aliphatic rings. The smallest absolute Gasteiger partial charge is 0.316 e. The third kappa shape index (κ3) is 3.61. The van der Waals surface area contributed by atoms with Crippen LogP contribution in [0.15, 0.2) is 41.7 Å². The Labute approximate surface area is 120 Å². The van der Waals surface area contributed by atoms with Gasteiger partial charge < -0.3 is 16.2 Å². The summed E-state index contributed by atoms with van der Waals surface area (Å²) >= 11 is 1.18. The predicted octanol–water partition coefficient (Wildman–Crippen LogP) is 2.37. The molecule has 1 atom stereocenters. The number of thioether (sulfide) groups is 1. The molecule has 0 radical (unpaired) electrons. The van der Waals surface area contributed by atoms with Crippen LogP contribution in [-0.2, 0) is 4.79 Å². The van der Waals surface area contributed by atoms with Crippen molar-refractivity contribution in [3.8, 4) is 0 Å². The van der Waals surface area contributed by atoms with Crippen LogP contribution in [0.4, 0.5) is 17.2 Å². The minimum Gasteiger partial charge on any atom is -0.480 e. The molecular weight excluding hydrogens is 276 g/mol. The molecule has 6 nitrogen and oxygen atoms in total. The zero-order valence-corrected chi connectivity index (χ0v) is 11.6. The van der Waals surface area contributed by atoms with Crippen LogP contribution in [0.5, 0.6) is 0 Å². The molecule has 2 rings (SSSR count). The van der Waals surface area contributed by atoms with E-state index in [-0.39, 0.29) is 0 Å². The Hall–Kier alpha value is -2.28. The molecule has 0 aromatic carbocycles. The van der Waals surface area contributed by atoms with Gasteiger partial charge in [0.05, 0.1) is 17.6 Å². The first-order valence-electron chi connectivity index (χ1n) is 5.89. The maximum Gasteiger partial charge on any atom is 0.316 e. The average molecular weight is 290 g/mol. The van der Waals surface area contributed by atoms with Gasteiger partial charge in [-0.1, -0.05) is 11.8 Å². The van der Waals surface area contributed by atoms with Crippen LogP contribution in [-0.4, -0.2) is 26.3 Å². The molecule has 0 amide bonds. The van der Waals surface area contributed by atoms with E-state index in [1.54, 1.807) is 37.5 Å². The second-order valence-electron chi connectivity index (χ2n) is 4.06. The molecule has 20 heavy (non-hydrogen) atoms. The molecule has 2 aromatic heterocycles. The molecule has 0 fully saturated rings. The van der Waals surface area contributed by atoms with Crippen molar-refractivity contribution in [1.82, 2.24) is 9.97 Å². The Kier molecular flexibility index (Phi) is 4.41. The summed E-state index contributed by atoms with van der Waals surface area (Å²) in [6, 6.07) is 7.08. The third-order valence-corrected chi connectivity index (χ3v) is 3.56. The van der Waals surface area contributed by atoms with Crippen molar-refractivity contribution in [2.45, 2.75) is 17.2 Å². The fourth-order valence-corrected chi connectivity index (χ4v) is 2.22. The first-order valence-corrected chi connectivity index (χ1v) is 6.77. The Bertz CT molecular complexity index is 604. The minimum atomic E-state index is -0.878. The molecule has 7 heteroatoms. The molecule has 104 valence electrons. The number of nitrogens with one attached hydrogen (secondary N) is 1. The van der Waals surface area contributed by atoms with E-state index in [4.69, 9.17) is 10.8 Å². The van der Waals surface area contributed by atoms with Gasteiger partial charge in [0.25, 0.3) is 0 Å². The van der Waals surface area contributed by atoms with E-state index in [1.165, 1.54) is 11.8 Å². The van der Waals surface area contributed by atoms with Gasteiger partial charge in [-0.2, -0.15) is 0 Å². The van der Waals surface area contributed by atoms with Crippen LogP contribution in [0.25, 0.3) is 0 Å². The molecular formula is C13H14N4O2S. The van der Waals surface area contributed by atoms with E-state index >= 15 is 0 Å². The number of aromatic nitrogens is 2. The second-order valence-corrected chi connectivity index (χ2v) is 5.39. The molecule has 2 heterocycles. The molecule has 0 saturated carbocycles. The average Bonchev–Trinajstić information content (AvgIpc) is 2.43. The number of pyridine rings is 2. The quantitative estimate of drug-likeness (QED) is 0.726.